The van der Waals surface area contributed by atoms with Crippen LogP contribution >= 0.6 is 0 Å². The van der Waals surface area contributed by atoms with Gasteiger partial charge in [0.05, 0.1) is 26.1 Å². The van der Waals surface area contributed by atoms with Crippen molar-refractivity contribution in [3.8, 4) is 0 Å². The number of Topliss-reactive ketones (excluding diaryl/α,β-unsaturated/α-hetero) is 2. The van der Waals surface area contributed by atoms with Crippen molar-refractivity contribution in [1.82, 2.24) is 9.55 Å². The standard InChI is InChI=1S/C15H15N3O3/c1-8-17-11-4-2-3-10(16)14(11)15(21)18(8)12-6-5-9(19)7-13(12)20/h2-4,12H,5-7,16H2,1H3/i1D,2D,5D2,6D,12D. The molecule has 0 amide bonds. The van der Waals surface area contributed by atoms with Crippen LogP contribution in [0.4, 0.5) is 5.69 Å². The van der Waals surface area contributed by atoms with E-state index in [1.54, 1.807) is 0 Å². The summed E-state index contributed by atoms with van der Waals surface area (Å²) in [6.45, 7) is -0.648. The number of carbonyl (C=O) groups excluding carboxylic acids is 2. The van der Waals surface area contributed by atoms with Crippen LogP contribution in [0, 0.1) is 6.90 Å². The van der Waals surface area contributed by atoms with Crippen molar-refractivity contribution in [3.05, 3.63) is 34.4 Å². The lowest BCUT2D eigenvalue weighted by Gasteiger charge is -2.24. The first-order valence-corrected chi connectivity index (χ1v) is 6.06. The third-order valence-electron chi connectivity index (χ3n) is 3.15. The summed E-state index contributed by atoms with van der Waals surface area (Å²) in [6.07, 6.45) is -6.02. The lowest BCUT2D eigenvalue weighted by molar-refractivity contribution is -0.132. The van der Waals surface area contributed by atoms with E-state index < -0.39 is 49.2 Å². The van der Waals surface area contributed by atoms with Crippen molar-refractivity contribution >= 4 is 28.2 Å². The molecule has 0 radical (unpaired) electrons. The average molecular weight is 291 g/mol. The largest absolute Gasteiger partial charge is 0.398 e. The molecule has 1 fully saturated rings. The van der Waals surface area contributed by atoms with Crippen molar-refractivity contribution in [1.29, 1.82) is 0 Å². The van der Waals surface area contributed by atoms with Crippen molar-refractivity contribution in [2.45, 2.75) is 32.1 Å². The fourth-order valence-corrected chi connectivity index (χ4v) is 2.20. The molecule has 1 aromatic heterocycles. The maximum Gasteiger partial charge on any atom is 0.264 e. The normalized spacial score (nSPS) is 32.7. The molecule has 1 saturated carbocycles. The fraction of sp³-hybridized carbons (Fsp3) is 0.333. The summed E-state index contributed by atoms with van der Waals surface area (Å²) in [7, 11) is 0. The number of aromatic nitrogens is 2. The third kappa shape index (κ3) is 2.12. The average Bonchev–Trinajstić information content (AvgIpc) is 2.57. The summed E-state index contributed by atoms with van der Waals surface area (Å²) < 4.78 is 48.0. The molecule has 0 aliphatic heterocycles. The van der Waals surface area contributed by atoms with Crippen LogP contribution in [0.5, 0.6) is 0 Å². The molecule has 108 valence electrons. The number of hydrogen-bond donors (Lipinski definition) is 1. The lowest BCUT2D eigenvalue weighted by Crippen LogP contribution is -2.36. The SMILES string of the molecule is [2H]Cc1nc2cc([2H])cc(N)c2c(=O)n1C1([2H])C(=O)CC(=O)C([2H])([2H])C1[2H]. The van der Waals surface area contributed by atoms with E-state index in [4.69, 9.17) is 14.0 Å². The van der Waals surface area contributed by atoms with E-state index in [9.17, 15) is 14.4 Å². The second kappa shape index (κ2) is 4.80. The van der Waals surface area contributed by atoms with Gasteiger partial charge in [0, 0.05) is 17.5 Å². The van der Waals surface area contributed by atoms with Gasteiger partial charge in [-0.2, -0.15) is 0 Å². The van der Waals surface area contributed by atoms with Crippen LogP contribution in [0.2, 0.25) is 0 Å². The Morgan fingerprint density at radius 2 is 2.33 bits per heavy atom. The van der Waals surface area contributed by atoms with Gasteiger partial charge in [0.25, 0.3) is 5.56 Å². The number of ketones is 2. The molecule has 2 N–H and O–H groups in total. The molecule has 21 heavy (non-hydrogen) atoms. The zero-order valence-electron chi connectivity index (χ0n) is 16.8. The Kier molecular flexibility index (Phi) is 1.84. The summed E-state index contributed by atoms with van der Waals surface area (Å²) in [5, 5.41) is -0.202. The Balaban J connectivity index is 2.43. The number of hydrogen-bond acceptors (Lipinski definition) is 5. The van der Waals surface area contributed by atoms with Gasteiger partial charge < -0.3 is 5.73 Å². The minimum absolute atomic E-state index is 0.00373. The van der Waals surface area contributed by atoms with Gasteiger partial charge in [-0.1, -0.05) is 6.04 Å². The topological polar surface area (TPSA) is 95.0 Å². The first-order chi connectivity index (χ1) is 12.5. The highest BCUT2D eigenvalue weighted by Gasteiger charge is 2.30. The molecule has 2 atom stereocenters. The summed E-state index contributed by atoms with van der Waals surface area (Å²) in [6, 6.07) is -0.402. The fourth-order valence-electron chi connectivity index (χ4n) is 2.20. The number of aryl methyl sites for hydroxylation is 1. The number of nitrogens with zero attached hydrogens (tertiary/aromatic N) is 2. The zero-order valence-corrected chi connectivity index (χ0v) is 10.8. The van der Waals surface area contributed by atoms with E-state index >= 15 is 0 Å². The van der Waals surface area contributed by atoms with E-state index in [2.05, 4.69) is 4.98 Å². The highest BCUT2D eigenvalue weighted by molar-refractivity contribution is 6.03. The molecular formula is C15H15N3O3. The predicted molar refractivity (Wildman–Crippen MR) is 78.1 cm³/mol. The van der Waals surface area contributed by atoms with Crippen molar-refractivity contribution in [2.75, 3.05) is 5.73 Å². The van der Waals surface area contributed by atoms with Crippen LogP contribution in [0.25, 0.3) is 10.9 Å². The Labute approximate surface area is 129 Å². The summed E-state index contributed by atoms with van der Waals surface area (Å²) in [4.78, 5) is 41.4. The Morgan fingerprint density at radius 3 is 3.10 bits per heavy atom. The molecule has 6 nitrogen and oxygen atoms in total. The van der Waals surface area contributed by atoms with Crippen molar-refractivity contribution < 1.29 is 17.8 Å². The minimum Gasteiger partial charge on any atom is -0.398 e. The molecule has 1 aromatic carbocycles. The molecule has 0 saturated heterocycles. The van der Waals surface area contributed by atoms with E-state index in [1.807, 2.05) is 0 Å². The smallest absolute Gasteiger partial charge is 0.264 e. The van der Waals surface area contributed by atoms with Crippen LogP contribution in [0.15, 0.2) is 23.0 Å². The molecule has 1 aliphatic carbocycles. The number of anilines is 1. The van der Waals surface area contributed by atoms with Crippen LogP contribution in [0.3, 0.4) is 0 Å². The first-order valence-electron chi connectivity index (χ1n) is 9.35. The van der Waals surface area contributed by atoms with Crippen LogP contribution in [-0.4, -0.2) is 21.1 Å². The molecule has 2 unspecified atom stereocenters. The van der Waals surface area contributed by atoms with E-state index in [0.717, 1.165) is 0 Å². The third-order valence-corrected chi connectivity index (χ3v) is 3.15. The predicted octanol–water partition coefficient (Wildman–Crippen LogP) is 1.15. The van der Waals surface area contributed by atoms with Gasteiger partial charge in [0.2, 0.25) is 0 Å². The maximum atomic E-state index is 13.1. The van der Waals surface area contributed by atoms with Gasteiger partial charge in [0.15, 0.2) is 5.78 Å². The second-order valence-corrected chi connectivity index (χ2v) is 4.54. The number of fused-ring (bicyclic) bond motifs is 1. The van der Waals surface area contributed by atoms with Crippen LogP contribution in [0.1, 0.15) is 39.3 Å². The molecule has 6 heteroatoms. The van der Waals surface area contributed by atoms with E-state index in [-0.39, 0.29) is 28.5 Å². The van der Waals surface area contributed by atoms with Gasteiger partial charge in [-0.25, -0.2) is 4.98 Å². The molecule has 1 heterocycles. The first kappa shape index (κ1) is 8.07. The van der Waals surface area contributed by atoms with Crippen molar-refractivity contribution in [3.63, 3.8) is 0 Å². The van der Waals surface area contributed by atoms with E-state index in [0.29, 0.717) is 4.57 Å². The van der Waals surface area contributed by atoms with Gasteiger partial charge >= 0.3 is 0 Å². The molecule has 1 aliphatic rings. The lowest BCUT2D eigenvalue weighted by atomic mass is 9.92. The number of nitrogen functional groups attached to an aromatic ring is 1. The maximum absolute atomic E-state index is 13.1. The van der Waals surface area contributed by atoms with Gasteiger partial charge in [-0.15, -0.1) is 0 Å². The molecule has 0 bridgehead atoms. The van der Waals surface area contributed by atoms with Gasteiger partial charge in [-0.05, 0) is 25.4 Å². The van der Waals surface area contributed by atoms with Crippen LogP contribution in [-0.2, 0) is 9.59 Å². The summed E-state index contributed by atoms with van der Waals surface area (Å²) in [5.41, 5.74) is 4.66. The number of carbonyl (C=O) groups is 2. The molecule has 2 aromatic rings. The Morgan fingerprint density at radius 1 is 1.52 bits per heavy atom. The Hall–Kier alpha value is -2.50. The molecule has 0 spiro atoms. The van der Waals surface area contributed by atoms with Crippen LogP contribution < -0.4 is 11.3 Å². The highest BCUT2D eigenvalue weighted by Crippen LogP contribution is 2.24. The monoisotopic (exact) mass is 291 g/mol. The zero-order chi connectivity index (χ0) is 20.3. The Bertz CT molecular complexity index is 1050. The minimum atomic E-state index is -2.83. The summed E-state index contributed by atoms with van der Waals surface area (Å²) in [5.74, 6) is -2.62. The highest BCUT2D eigenvalue weighted by atomic mass is 16.2. The van der Waals surface area contributed by atoms with Crippen molar-refractivity contribution in [2.24, 2.45) is 0 Å². The number of nitrogens with two attached hydrogens (primary N) is 1. The number of rotatable bonds is 1. The quantitative estimate of drug-likeness (QED) is 0.628. The molecular weight excluding hydrogens is 270 g/mol. The summed E-state index contributed by atoms with van der Waals surface area (Å²) >= 11 is 0. The molecule has 3 rings (SSSR count). The van der Waals surface area contributed by atoms with Gasteiger partial charge in [-0.3, -0.25) is 19.0 Å². The van der Waals surface area contributed by atoms with E-state index in [1.165, 1.54) is 12.1 Å². The number of benzene rings is 1. The second-order valence-electron chi connectivity index (χ2n) is 4.54. The van der Waals surface area contributed by atoms with Gasteiger partial charge in [0.1, 0.15) is 11.6 Å².